The predicted molar refractivity (Wildman–Crippen MR) is 77.4 cm³/mol. The Balaban J connectivity index is 2.06. The third kappa shape index (κ3) is 3.07. The average molecular weight is 267 g/mol. The van der Waals surface area contributed by atoms with Gasteiger partial charge in [-0.15, -0.1) is 0 Å². The first-order chi connectivity index (χ1) is 8.74. The normalized spacial score (nSPS) is 23.2. The minimum Gasteiger partial charge on any atom is -0.363 e. The Morgan fingerprint density at radius 3 is 3.06 bits per heavy atom. The van der Waals surface area contributed by atoms with Crippen LogP contribution in [0.4, 0.5) is 5.82 Å². The van der Waals surface area contributed by atoms with Crippen molar-refractivity contribution in [2.24, 2.45) is 0 Å². The fraction of sp³-hybridized carbons (Fsp3) is 0.692. The van der Waals surface area contributed by atoms with Crippen LogP contribution in [0.25, 0.3) is 0 Å². The van der Waals surface area contributed by atoms with E-state index < -0.39 is 0 Å². The first-order valence-corrected chi connectivity index (χ1v) is 7.88. The van der Waals surface area contributed by atoms with Gasteiger partial charge >= 0.3 is 0 Å². The van der Waals surface area contributed by atoms with Gasteiger partial charge < -0.3 is 9.88 Å². The van der Waals surface area contributed by atoms with Gasteiger partial charge in [0.15, 0.2) is 5.82 Å². The molecule has 0 radical (unpaired) electrons. The van der Waals surface area contributed by atoms with Crippen LogP contribution in [-0.4, -0.2) is 27.1 Å². The molecule has 0 saturated heterocycles. The molecule has 5 heteroatoms. The van der Waals surface area contributed by atoms with Crippen LogP contribution in [0.3, 0.4) is 0 Å². The number of thioether (sulfide) groups is 1. The van der Waals surface area contributed by atoms with Crippen molar-refractivity contribution in [2.45, 2.75) is 50.4 Å². The zero-order valence-corrected chi connectivity index (χ0v) is 11.9. The van der Waals surface area contributed by atoms with E-state index in [-0.39, 0.29) is 5.56 Å². The summed E-state index contributed by atoms with van der Waals surface area (Å²) < 4.78 is 1.73. The van der Waals surface area contributed by atoms with Crippen molar-refractivity contribution in [2.75, 3.05) is 11.6 Å². The number of hydrogen-bond acceptors (Lipinski definition) is 4. The number of anilines is 1. The standard InChI is InChI=1S/C13H21N3OS/c1-3-7-16-8-6-14-12(13(16)17)15-10-4-5-11(9-10)18-2/h6,8,10-11H,3-5,7,9H2,1-2H3,(H,14,15). The Bertz CT molecular complexity index is 446. The van der Waals surface area contributed by atoms with E-state index in [0.29, 0.717) is 11.9 Å². The molecule has 1 aromatic rings. The molecule has 0 amide bonds. The van der Waals surface area contributed by atoms with Gasteiger partial charge in [-0.25, -0.2) is 4.98 Å². The highest BCUT2D eigenvalue weighted by Gasteiger charge is 2.24. The van der Waals surface area contributed by atoms with E-state index in [1.54, 1.807) is 17.0 Å². The van der Waals surface area contributed by atoms with Crippen LogP contribution in [0.2, 0.25) is 0 Å². The lowest BCUT2D eigenvalue weighted by molar-refractivity contribution is 0.645. The molecule has 100 valence electrons. The summed E-state index contributed by atoms with van der Waals surface area (Å²) >= 11 is 1.92. The molecule has 4 nitrogen and oxygen atoms in total. The van der Waals surface area contributed by atoms with E-state index in [1.165, 1.54) is 6.42 Å². The third-order valence-electron chi connectivity index (χ3n) is 3.44. The Morgan fingerprint density at radius 2 is 2.39 bits per heavy atom. The van der Waals surface area contributed by atoms with E-state index >= 15 is 0 Å². The van der Waals surface area contributed by atoms with Crippen molar-refractivity contribution < 1.29 is 0 Å². The maximum atomic E-state index is 12.1. The molecule has 1 aliphatic carbocycles. The van der Waals surface area contributed by atoms with Crippen LogP contribution < -0.4 is 10.9 Å². The summed E-state index contributed by atoms with van der Waals surface area (Å²) in [5.74, 6) is 0.512. The minimum absolute atomic E-state index is 0.00644. The number of nitrogens with one attached hydrogen (secondary N) is 1. The summed E-state index contributed by atoms with van der Waals surface area (Å²) in [7, 11) is 0. The Hall–Kier alpha value is -0.970. The average Bonchev–Trinajstić information content (AvgIpc) is 2.82. The zero-order chi connectivity index (χ0) is 13.0. The van der Waals surface area contributed by atoms with Gasteiger partial charge in [0.25, 0.3) is 5.56 Å². The Labute approximate surface area is 112 Å². The van der Waals surface area contributed by atoms with Crippen molar-refractivity contribution in [1.29, 1.82) is 0 Å². The maximum absolute atomic E-state index is 12.1. The van der Waals surface area contributed by atoms with Gasteiger partial charge in [-0.3, -0.25) is 4.79 Å². The molecule has 2 unspecified atom stereocenters. The third-order valence-corrected chi connectivity index (χ3v) is 4.53. The van der Waals surface area contributed by atoms with Gasteiger partial charge in [-0.2, -0.15) is 11.8 Å². The van der Waals surface area contributed by atoms with E-state index in [4.69, 9.17) is 0 Å². The van der Waals surface area contributed by atoms with Crippen LogP contribution in [-0.2, 0) is 6.54 Å². The molecule has 1 heterocycles. The van der Waals surface area contributed by atoms with Crippen molar-refractivity contribution >= 4 is 17.6 Å². The van der Waals surface area contributed by atoms with Gasteiger partial charge in [-0.05, 0) is 31.9 Å². The van der Waals surface area contributed by atoms with Gasteiger partial charge in [0, 0.05) is 30.2 Å². The second-order valence-corrected chi connectivity index (χ2v) is 5.92. The molecule has 18 heavy (non-hydrogen) atoms. The predicted octanol–water partition coefficient (Wildman–Crippen LogP) is 2.35. The number of nitrogens with zero attached hydrogens (tertiary/aromatic N) is 2. The van der Waals surface area contributed by atoms with Crippen molar-refractivity contribution in [3.05, 3.63) is 22.7 Å². The summed E-state index contributed by atoms with van der Waals surface area (Å²) in [5, 5.41) is 4.04. The molecule has 2 rings (SSSR count). The molecular weight excluding hydrogens is 246 g/mol. The van der Waals surface area contributed by atoms with Crippen LogP contribution >= 0.6 is 11.8 Å². The molecule has 2 atom stereocenters. The molecule has 1 fully saturated rings. The van der Waals surface area contributed by atoms with Gasteiger partial charge in [0.1, 0.15) is 0 Å². The smallest absolute Gasteiger partial charge is 0.293 e. The lowest BCUT2D eigenvalue weighted by Crippen LogP contribution is -2.28. The highest BCUT2D eigenvalue weighted by molar-refractivity contribution is 7.99. The van der Waals surface area contributed by atoms with E-state index in [0.717, 1.165) is 31.1 Å². The second-order valence-electron chi connectivity index (χ2n) is 4.79. The fourth-order valence-corrected chi connectivity index (χ4v) is 3.24. The highest BCUT2D eigenvalue weighted by atomic mass is 32.2. The Kier molecular flexibility index (Phi) is 4.69. The lowest BCUT2D eigenvalue weighted by Gasteiger charge is -2.14. The molecule has 1 aliphatic rings. The van der Waals surface area contributed by atoms with Crippen molar-refractivity contribution in [3.63, 3.8) is 0 Å². The van der Waals surface area contributed by atoms with Crippen LogP contribution in [0.15, 0.2) is 17.2 Å². The summed E-state index contributed by atoms with van der Waals surface area (Å²) in [4.78, 5) is 16.3. The SMILES string of the molecule is CCCn1ccnc(NC2CCC(SC)C2)c1=O. The summed E-state index contributed by atoms with van der Waals surface area (Å²) in [6.45, 7) is 2.83. The minimum atomic E-state index is 0.00644. The van der Waals surface area contributed by atoms with Crippen LogP contribution in [0.5, 0.6) is 0 Å². The van der Waals surface area contributed by atoms with Crippen molar-refractivity contribution in [3.8, 4) is 0 Å². The second kappa shape index (κ2) is 6.27. The first kappa shape index (κ1) is 13.5. The largest absolute Gasteiger partial charge is 0.363 e. The quantitative estimate of drug-likeness (QED) is 0.889. The zero-order valence-electron chi connectivity index (χ0n) is 11.1. The molecule has 1 aromatic heterocycles. The van der Waals surface area contributed by atoms with Crippen molar-refractivity contribution in [1.82, 2.24) is 9.55 Å². The maximum Gasteiger partial charge on any atom is 0.293 e. The number of aryl methyl sites for hydroxylation is 1. The molecule has 0 spiro atoms. The number of rotatable bonds is 5. The van der Waals surface area contributed by atoms with Gasteiger partial charge in [0.05, 0.1) is 0 Å². The summed E-state index contributed by atoms with van der Waals surface area (Å²) in [6.07, 6.45) is 10.1. The Morgan fingerprint density at radius 1 is 1.56 bits per heavy atom. The highest BCUT2D eigenvalue weighted by Crippen LogP contribution is 2.29. The molecule has 1 N–H and O–H groups in total. The molecule has 0 aromatic carbocycles. The van der Waals surface area contributed by atoms with Gasteiger partial charge in [0.2, 0.25) is 0 Å². The topological polar surface area (TPSA) is 46.9 Å². The lowest BCUT2D eigenvalue weighted by atomic mass is 10.2. The van der Waals surface area contributed by atoms with Crippen LogP contribution in [0, 0.1) is 0 Å². The number of hydrogen-bond donors (Lipinski definition) is 1. The monoisotopic (exact) mass is 267 g/mol. The van der Waals surface area contributed by atoms with E-state index in [1.807, 2.05) is 11.8 Å². The summed E-state index contributed by atoms with van der Waals surface area (Å²) in [5.41, 5.74) is 0.00644. The van der Waals surface area contributed by atoms with E-state index in [9.17, 15) is 4.79 Å². The van der Waals surface area contributed by atoms with Gasteiger partial charge in [-0.1, -0.05) is 6.92 Å². The molecule has 1 saturated carbocycles. The number of aromatic nitrogens is 2. The first-order valence-electron chi connectivity index (χ1n) is 6.59. The summed E-state index contributed by atoms with van der Waals surface area (Å²) in [6, 6.07) is 0.403. The molecule has 0 aliphatic heterocycles. The van der Waals surface area contributed by atoms with E-state index in [2.05, 4.69) is 23.5 Å². The molecular formula is C13H21N3OS. The van der Waals surface area contributed by atoms with Crippen LogP contribution in [0.1, 0.15) is 32.6 Å². The fourth-order valence-electron chi connectivity index (χ4n) is 2.44. The molecule has 0 bridgehead atoms.